The highest BCUT2D eigenvalue weighted by molar-refractivity contribution is 14.1. The minimum Gasteiger partial charge on any atom is -0.486 e. The molecule has 0 saturated carbocycles. The maximum Gasteiger partial charge on any atom is 0.192 e. The maximum atomic E-state index is 8.98. The quantitative estimate of drug-likeness (QED) is 0.756. The number of nitriles is 1. The molecule has 0 amide bonds. The molecule has 1 aromatic carbocycles. The highest BCUT2D eigenvalue weighted by Gasteiger charge is 2.11. The van der Waals surface area contributed by atoms with Crippen LogP contribution in [0, 0.1) is 14.9 Å². The van der Waals surface area contributed by atoms with Crippen molar-refractivity contribution >= 4 is 44.0 Å². The van der Waals surface area contributed by atoms with Crippen molar-refractivity contribution in [1.29, 1.82) is 5.26 Å². The fourth-order valence-electron chi connectivity index (χ4n) is 1.30. The molecule has 0 radical (unpaired) electrons. The summed E-state index contributed by atoms with van der Waals surface area (Å²) in [5, 5.41) is 10.7. The predicted octanol–water partition coefficient (Wildman–Crippen LogP) is 3.39. The van der Waals surface area contributed by atoms with Crippen LogP contribution in [0.25, 0.3) is 10.1 Å². The molecule has 0 unspecified atom stereocenters. The zero-order valence-electron chi connectivity index (χ0n) is 7.37. The second kappa shape index (κ2) is 3.75. The molecule has 0 aliphatic rings. The Hall–Kier alpha value is -0.800. The summed E-state index contributed by atoms with van der Waals surface area (Å²) in [6, 6.07) is 8.19. The number of thiophene rings is 1. The van der Waals surface area contributed by atoms with Crippen molar-refractivity contribution in [3.05, 3.63) is 27.3 Å². The van der Waals surface area contributed by atoms with Crippen LogP contribution < -0.4 is 4.74 Å². The second-order valence-corrected chi connectivity index (χ2v) is 4.98. The molecular weight excluding hydrogens is 309 g/mol. The highest BCUT2D eigenvalue weighted by Crippen LogP contribution is 2.37. The van der Waals surface area contributed by atoms with Gasteiger partial charge in [0.15, 0.2) is 5.06 Å². The molecule has 0 atom stereocenters. The molecule has 0 saturated heterocycles. The van der Waals surface area contributed by atoms with E-state index in [9.17, 15) is 0 Å². The number of rotatable bonds is 1. The van der Waals surface area contributed by atoms with Gasteiger partial charge in [-0.1, -0.05) is 17.4 Å². The Balaban J connectivity index is 2.81. The summed E-state index contributed by atoms with van der Waals surface area (Å²) in [6.07, 6.45) is 0. The van der Waals surface area contributed by atoms with Crippen LogP contribution in [-0.2, 0) is 0 Å². The van der Waals surface area contributed by atoms with Crippen molar-refractivity contribution in [2.45, 2.75) is 0 Å². The molecule has 0 N–H and O–H groups in total. The van der Waals surface area contributed by atoms with Gasteiger partial charge in [-0.3, -0.25) is 0 Å². The number of halogens is 1. The summed E-state index contributed by atoms with van der Waals surface area (Å²) in [5.41, 5.74) is 0.643. The van der Waals surface area contributed by atoms with E-state index in [0.717, 1.165) is 10.1 Å². The summed E-state index contributed by atoms with van der Waals surface area (Å²) in [5.74, 6) is 0. The van der Waals surface area contributed by atoms with Crippen LogP contribution in [0.3, 0.4) is 0 Å². The molecule has 0 aliphatic carbocycles. The first kappa shape index (κ1) is 9.74. The van der Waals surface area contributed by atoms with Crippen molar-refractivity contribution in [3.63, 3.8) is 0 Å². The molecule has 70 valence electrons. The molecule has 1 heterocycles. The van der Waals surface area contributed by atoms with E-state index >= 15 is 0 Å². The van der Waals surface area contributed by atoms with E-state index in [-0.39, 0.29) is 0 Å². The molecule has 0 bridgehead atoms. The standard InChI is InChI=1S/C10H6INOS/c1-13-10-8(5-12)7-3-2-6(11)4-9(7)14-10/h2-4H,1H3. The van der Waals surface area contributed by atoms with Crippen molar-refractivity contribution < 1.29 is 4.74 Å². The van der Waals surface area contributed by atoms with Crippen LogP contribution in [0.5, 0.6) is 5.06 Å². The summed E-state index contributed by atoms with van der Waals surface area (Å²) < 4.78 is 7.43. The topological polar surface area (TPSA) is 33.0 Å². The largest absolute Gasteiger partial charge is 0.486 e. The smallest absolute Gasteiger partial charge is 0.192 e. The van der Waals surface area contributed by atoms with Gasteiger partial charge >= 0.3 is 0 Å². The van der Waals surface area contributed by atoms with Crippen LogP contribution in [0.2, 0.25) is 0 Å². The monoisotopic (exact) mass is 315 g/mol. The maximum absolute atomic E-state index is 8.98. The third kappa shape index (κ3) is 1.47. The lowest BCUT2D eigenvalue weighted by Crippen LogP contribution is -1.80. The lowest BCUT2D eigenvalue weighted by molar-refractivity contribution is 0.426. The molecule has 2 nitrogen and oxygen atoms in total. The van der Waals surface area contributed by atoms with Gasteiger partial charge in [0.2, 0.25) is 0 Å². The van der Waals surface area contributed by atoms with Crippen molar-refractivity contribution in [1.82, 2.24) is 0 Å². The van der Waals surface area contributed by atoms with Crippen LogP contribution >= 0.6 is 33.9 Å². The van der Waals surface area contributed by atoms with Gasteiger partial charge < -0.3 is 4.74 Å². The first-order valence-corrected chi connectivity index (χ1v) is 5.82. The van der Waals surface area contributed by atoms with Gasteiger partial charge in [-0.2, -0.15) is 5.26 Å². The fourth-order valence-corrected chi connectivity index (χ4v) is 3.01. The molecule has 2 rings (SSSR count). The lowest BCUT2D eigenvalue weighted by Gasteiger charge is -1.92. The molecule has 2 aromatic rings. The molecule has 0 fully saturated rings. The van der Waals surface area contributed by atoms with E-state index in [1.54, 1.807) is 7.11 Å². The summed E-state index contributed by atoms with van der Waals surface area (Å²) in [7, 11) is 1.59. The molecule has 0 aliphatic heterocycles. The van der Waals surface area contributed by atoms with Gasteiger partial charge in [0.05, 0.1) is 7.11 Å². The van der Waals surface area contributed by atoms with Crippen LogP contribution in [-0.4, -0.2) is 7.11 Å². The molecule has 4 heteroatoms. The van der Waals surface area contributed by atoms with E-state index in [1.807, 2.05) is 12.1 Å². The molecule has 0 spiro atoms. The Morgan fingerprint density at radius 3 is 2.93 bits per heavy atom. The van der Waals surface area contributed by atoms with Crippen molar-refractivity contribution in [2.24, 2.45) is 0 Å². The Labute approximate surface area is 99.3 Å². The zero-order valence-corrected chi connectivity index (χ0v) is 10.3. The average molecular weight is 315 g/mol. The number of ether oxygens (including phenoxy) is 1. The molecular formula is C10H6INOS. The number of methoxy groups -OCH3 is 1. The third-order valence-corrected chi connectivity index (χ3v) is 3.70. The molecule has 14 heavy (non-hydrogen) atoms. The first-order chi connectivity index (χ1) is 6.76. The second-order valence-electron chi connectivity index (χ2n) is 2.72. The number of hydrogen-bond acceptors (Lipinski definition) is 3. The van der Waals surface area contributed by atoms with Crippen LogP contribution in [0.15, 0.2) is 18.2 Å². The van der Waals surface area contributed by atoms with Gasteiger partial charge in [0.1, 0.15) is 11.6 Å². The van der Waals surface area contributed by atoms with Gasteiger partial charge in [-0.05, 0) is 34.7 Å². The van der Waals surface area contributed by atoms with Gasteiger partial charge in [0, 0.05) is 13.7 Å². The van der Waals surface area contributed by atoms with E-state index in [0.29, 0.717) is 10.6 Å². The fraction of sp³-hybridized carbons (Fsp3) is 0.100. The Morgan fingerprint density at radius 1 is 1.50 bits per heavy atom. The normalized spacial score (nSPS) is 10.1. The summed E-state index contributed by atoms with van der Waals surface area (Å²) in [4.78, 5) is 0. The van der Waals surface area contributed by atoms with Crippen molar-refractivity contribution in [2.75, 3.05) is 7.11 Å². The number of fused-ring (bicyclic) bond motifs is 1. The van der Waals surface area contributed by atoms with Gasteiger partial charge in [0.25, 0.3) is 0 Å². The SMILES string of the molecule is COc1sc2cc(I)ccc2c1C#N. The minimum absolute atomic E-state index is 0.643. The van der Waals surface area contributed by atoms with Gasteiger partial charge in [-0.25, -0.2) is 0 Å². The van der Waals surface area contributed by atoms with Crippen LogP contribution in [0.1, 0.15) is 5.56 Å². The Kier molecular flexibility index (Phi) is 2.61. The van der Waals surface area contributed by atoms with Crippen molar-refractivity contribution in [3.8, 4) is 11.1 Å². The number of hydrogen-bond donors (Lipinski definition) is 0. The third-order valence-electron chi connectivity index (χ3n) is 1.92. The molecule has 1 aromatic heterocycles. The van der Waals surface area contributed by atoms with E-state index in [1.165, 1.54) is 14.9 Å². The first-order valence-electron chi connectivity index (χ1n) is 3.92. The predicted molar refractivity (Wildman–Crippen MR) is 65.8 cm³/mol. The van der Waals surface area contributed by atoms with E-state index < -0.39 is 0 Å². The number of benzene rings is 1. The highest BCUT2D eigenvalue weighted by atomic mass is 127. The Morgan fingerprint density at radius 2 is 2.29 bits per heavy atom. The van der Waals surface area contributed by atoms with Gasteiger partial charge in [-0.15, -0.1) is 0 Å². The summed E-state index contributed by atoms with van der Waals surface area (Å²) in [6.45, 7) is 0. The zero-order chi connectivity index (χ0) is 10.1. The summed E-state index contributed by atoms with van der Waals surface area (Å²) >= 11 is 3.77. The van der Waals surface area contributed by atoms with Crippen LogP contribution in [0.4, 0.5) is 0 Å². The lowest BCUT2D eigenvalue weighted by atomic mass is 10.2. The average Bonchev–Trinajstić information content (AvgIpc) is 2.54. The Bertz CT molecular complexity index is 527. The number of nitrogens with zero attached hydrogens (tertiary/aromatic N) is 1. The minimum atomic E-state index is 0.643. The van der Waals surface area contributed by atoms with E-state index in [2.05, 4.69) is 34.7 Å². The van der Waals surface area contributed by atoms with E-state index in [4.69, 9.17) is 10.00 Å².